The number of hydrogen-bond acceptors (Lipinski definition) is 4. The van der Waals surface area contributed by atoms with Crippen molar-refractivity contribution < 1.29 is 9.53 Å². The molecule has 0 aliphatic rings. The molecule has 1 rings (SSSR count). The Morgan fingerprint density at radius 2 is 2.15 bits per heavy atom. The molecule has 0 aromatic carbocycles. The van der Waals surface area contributed by atoms with Gasteiger partial charge >= 0.3 is 0 Å². The predicted molar refractivity (Wildman–Crippen MR) is 121 cm³/mol. The van der Waals surface area contributed by atoms with Gasteiger partial charge in [0.1, 0.15) is 6.54 Å². The number of nitrogens with one attached hydrogen (secondary N) is 2. The van der Waals surface area contributed by atoms with E-state index in [1.54, 1.807) is 30.3 Å². The van der Waals surface area contributed by atoms with Crippen LogP contribution in [-0.4, -0.2) is 63.7 Å². The number of hydrogen-bond donors (Lipinski definition) is 2. The van der Waals surface area contributed by atoms with E-state index in [4.69, 9.17) is 4.74 Å². The zero-order chi connectivity index (χ0) is 18.5. The Hall–Kier alpha value is -0.870. The van der Waals surface area contributed by atoms with Gasteiger partial charge in [0.05, 0.1) is 0 Å². The minimum absolute atomic E-state index is 0. The van der Waals surface area contributed by atoms with E-state index >= 15 is 0 Å². The number of thiophene rings is 1. The summed E-state index contributed by atoms with van der Waals surface area (Å²) in [5, 5.41) is 8.73. The summed E-state index contributed by atoms with van der Waals surface area (Å²) < 4.78 is 5.34. The van der Waals surface area contributed by atoms with Crippen molar-refractivity contribution in [1.29, 1.82) is 0 Å². The molecule has 0 spiro atoms. The van der Waals surface area contributed by atoms with Crippen LogP contribution in [0.15, 0.2) is 22.5 Å². The van der Waals surface area contributed by atoms with E-state index in [2.05, 4.69) is 40.1 Å². The lowest BCUT2D eigenvalue weighted by atomic mass is 10.1. The summed E-state index contributed by atoms with van der Waals surface area (Å²) in [4.78, 5) is 19.1. The van der Waals surface area contributed by atoms with E-state index < -0.39 is 0 Å². The highest BCUT2D eigenvalue weighted by atomic mass is 127. The fourth-order valence-electron chi connectivity index (χ4n) is 2.10. The minimum Gasteiger partial charge on any atom is -0.382 e. The number of nitrogens with zero attached hydrogens (tertiary/aromatic N) is 2. The summed E-state index contributed by atoms with van der Waals surface area (Å²) in [7, 11) is 3.48. The van der Waals surface area contributed by atoms with Crippen molar-refractivity contribution in [3.63, 3.8) is 0 Å². The number of halogens is 1. The Bertz CT molecular complexity index is 509. The molecule has 6 nitrogen and oxygen atoms in total. The number of ether oxygens (including phenoxy) is 1. The molecule has 0 bridgehead atoms. The van der Waals surface area contributed by atoms with Crippen molar-refractivity contribution in [1.82, 2.24) is 15.5 Å². The maximum Gasteiger partial charge on any atom is 0.243 e. The molecule has 1 unspecified atom stereocenters. The molecule has 0 saturated carbocycles. The van der Waals surface area contributed by atoms with Gasteiger partial charge in [0.15, 0.2) is 5.96 Å². The maximum atomic E-state index is 11.8. The Morgan fingerprint density at radius 1 is 1.38 bits per heavy atom. The summed E-state index contributed by atoms with van der Waals surface area (Å²) in [6, 6.07) is 4.25. The number of carbonyl (C=O) groups is 1. The summed E-state index contributed by atoms with van der Waals surface area (Å²) in [6.45, 7) is 7.38. The van der Waals surface area contributed by atoms with Crippen LogP contribution in [0, 0.1) is 5.92 Å². The second kappa shape index (κ2) is 15.2. The molecule has 1 aromatic rings. The van der Waals surface area contributed by atoms with Crippen LogP contribution in [0.25, 0.3) is 0 Å². The summed E-state index contributed by atoms with van der Waals surface area (Å²) in [5.74, 6) is 1.16. The zero-order valence-corrected chi connectivity index (χ0v) is 19.4. The zero-order valence-electron chi connectivity index (χ0n) is 16.3. The summed E-state index contributed by atoms with van der Waals surface area (Å²) in [5.41, 5.74) is 0. The average Bonchev–Trinajstić information content (AvgIpc) is 3.08. The van der Waals surface area contributed by atoms with Crippen molar-refractivity contribution in [2.75, 3.05) is 46.9 Å². The molecule has 1 amide bonds. The largest absolute Gasteiger partial charge is 0.382 e. The highest BCUT2D eigenvalue weighted by molar-refractivity contribution is 14.0. The van der Waals surface area contributed by atoms with Gasteiger partial charge in [-0.2, -0.15) is 0 Å². The lowest BCUT2D eigenvalue weighted by Crippen LogP contribution is -2.41. The van der Waals surface area contributed by atoms with E-state index in [0.29, 0.717) is 11.9 Å². The van der Waals surface area contributed by atoms with Gasteiger partial charge in [0, 0.05) is 45.3 Å². The van der Waals surface area contributed by atoms with E-state index in [9.17, 15) is 4.79 Å². The van der Waals surface area contributed by atoms with Crippen LogP contribution in [0.5, 0.6) is 0 Å². The van der Waals surface area contributed by atoms with Crippen molar-refractivity contribution in [3.05, 3.63) is 22.4 Å². The topological polar surface area (TPSA) is 66.0 Å². The lowest BCUT2D eigenvalue weighted by Gasteiger charge is -2.16. The minimum atomic E-state index is -0.0120. The molecule has 1 atom stereocenters. The van der Waals surface area contributed by atoms with E-state index in [1.807, 2.05) is 6.92 Å². The second-order valence-corrected chi connectivity index (χ2v) is 7.23. The Morgan fingerprint density at radius 3 is 2.77 bits per heavy atom. The maximum absolute atomic E-state index is 11.8. The summed E-state index contributed by atoms with van der Waals surface area (Å²) >= 11 is 1.79. The highest BCUT2D eigenvalue weighted by Crippen LogP contribution is 2.13. The third-order valence-corrected chi connectivity index (χ3v) is 4.48. The predicted octanol–water partition coefficient (Wildman–Crippen LogP) is 2.59. The first-order chi connectivity index (χ1) is 12.0. The smallest absolute Gasteiger partial charge is 0.243 e. The van der Waals surface area contributed by atoms with E-state index in [1.165, 1.54) is 4.88 Å². The molecule has 0 aliphatic carbocycles. The number of carbonyl (C=O) groups excluding carboxylic acids is 1. The van der Waals surface area contributed by atoms with Gasteiger partial charge in [-0.3, -0.25) is 4.79 Å². The Balaban J connectivity index is 0.00000625. The fraction of sp³-hybridized carbons (Fsp3) is 0.667. The molecule has 150 valence electrons. The molecular weight excluding hydrogens is 463 g/mol. The molecule has 8 heteroatoms. The standard InChI is InChI=1S/C18H32N4O2S.HI/c1-5-24-10-7-9-19-18(21-14-17(23)22(3)4)20-13-15(2)12-16-8-6-11-25-16;/h6,8,11,15H,5,7,9-10,12-14H2,1-4H3,(H2,19,20,21);1H. The molecule has 26 heavy (non-hydrogen) atoms. The third-order valence-electron chi connectivity index (χ3n) is 3.58. The average molecular weight is 496 g/mol. The van der Waals surface area contributed by atoms with Crippen molar-refractivity contribution in [2.24, 2.45) is 10.9 Å². The van der Waals surface area contributed by atoms with Gasteiger partial charge < -0.3 is 20.3 Å². The molecule has 2 N–H and O–H groups in total. The number of rotatable bonds is 11. The van der Waals surface area contributed by atoms with Crippen LogP contribution in [-0.2, 0) is 16.0 Å². The third kappa shape index (κ3) is 11.7. The Labute approximate surface area is 178 Å². The first-order valence-corrected chi connectivity index (χ1v) is 9.73. The molecule has 0 saturated heterocycles. The monoisotopic (exact) mass is 496 g/mol. The first kappa shape index (κ1) is 25.1. The first-order valence-electron chi connectivity index (χ1n) is 8.85. The fourth-order valence-corrected chi connectivity index (χ4v) is 2.97. The molecule has 0 radical (unpaired) electrons. The Kier molecular flexibility index (Phi) is 14.7. The van der Waals surface area contributed by atoms with Crippen LogP contribution in [0.1, 0.15) is 25.1 Å². The van der Waals surface area contributed by atoms with Crippen LogP contribution in [0.2, 0.25) is 0 Å². The quantitative estimate of drug-likeness (QED) is 0.214. The highest BCUT2D eigenvalue weighted by Gasteiger charge is 2.08. The van der Waals surface area contributed by atoms with Crippen molar-refractivity contribution >= 4 is 47.2 Å². The molecule has 1 heterocycles. The van der Waals surface area contributed by atoms with Crippen molar-refractivity contribution in [3.8, 4) is 0 Å². The van der Waals surface area contributed by atoms with Gasteiger partial charge in [-0.25, -0.2) is 4.99 Å². The van der Waals surface area contributed by atoms with E-state index in [-0.39, 0.29) is 36.4 Å². The van der Waals surface area contributed by atoms with Gasteiger partial charge in [-0.1, -0.05) is 13.0 Å². The molecule has 0 fully saturated rings. The molecule has 1 aromatic heterocycles. The summed E-state index contributed by atoms with van der Waals surface area (Å²) in [6.07, 6.45) is 1.94. The number of likely N-dealkylation sites (N-methyl/N-ethyl adjacent to an activating group) is 1. The normalized spacial score (nSPS) is 12.2. The lowest BCUT2D eigenvalue weighted by molar-refractivity contribution is -0.127. The van der Waals surface area contributed by atoms with Crippen LogP contribution >= 0.6 is 35.3 Å². The van der Waals surface area contributed by atoms with E-state index in [0.717, 1.165) is 39.1 Å². The SMILES string of the molecule is CCOCCCNC(=NCC(=O)N(C)C)NCC(C)Cc1cccs1.I. The van der Waals surface area contributed by atoms with Crippen LogP contribution in [0.3, 0.4) is 0 Å². The number of guanidine groups is 1. The molecule has 0 aliphatic heterocycles. The van der Waals surface area contributed by atoms with Crippen molar-refractivity contribution in [2.45, 2.75) is 26.7 Å². The second-order valence-electron chi connectivity index (χ2n) is 6.20. The number of amides is 1. The number of aliphatic imine (C=N–C) groups is 1. The molecular formula is C18H33IN4O2S. The van der Waals surface area contributed by atoms with Gasteiger partial charge in [0.2, 0.25) is 5.91 Å². The van der Waals surface area contributed by atoms with Gasteiger partial charge in [-0.05, 0) is 37.1 Å². The van der Waals surface area contributed by atoms with Gasteiger partial charge in [-0.15, -0.1) is 35.3 Å². The van der Waals surface area contributed by atoms with Crippen LogP contribution < -0.4 is 10.6 Å². The van der Waals surface area contributed by atoms with Gasteiger partial charge in [0.25, 0.3) is 0 Å². The van der Waals surface area contributed by atoms with Crippen LogP contribution in [0.4, 0.5) is 0 Å².